The first-order valence-electron chi connectivity index (χ1n) is 6.30. The van der Waals surface area contributed by atoms with Gasteiger partial charge in [-0.05, 0) is 24.3 Å². The highest BCUT2D eigenvalue weighted by Gasteiger charge is 2.19. The second kappa shape index (κ2) is 8.25. The lowest BCUT2D eigenvalue weighted by Crippen LogP contribution is -1.88. The molecular formula is C15H12Cl4O3. The maximum absolute atomic E-state index is 8.08. The summed E-state index contributed by atoms with van der Waals surface area (Å²) >= 11 is 23.4. The van der Waals surface area contributed by atoms with Crippen molar-refractivity contribution in [2.45, 2.75) is 6.10 Å². The Morgan fingerprint density at radius 1 is 0.909 bits per heavy atom. The molecule has 0 spiro atoms. The number of halogens is 4. The molecule has 1 N–H and O–H groups in total. The number of ether oxygens (including phenoxy) is 2. The van der Waals surface area contributed by atoms with Crippen LogP contribution < -0.4 is 4.74 Å². The molecule has 0 aromatic heterocycles. The van der Waals surface area contributed by atoms with Crippen molar-refractivity contribution < 1.29 is 14.6 Å². The second-order valence-electron chi connectivity index (χ2n) is 4.39. The quantitative estimate of drug-likeness (QED) is 0.716. The number of rotatable bonds is 3. The molecule has 2 aromatic rings. The molecule has 1 saturated heterocycles. The topological polar surface area (TPSA) is 42.0 Å². The third kappa shape index (κ3) is 5.51. The van der Waals surface area contributed by atoms with Crippen LogP contribution in [0.3, 0.4) is 0 Å². The van der Waals surface area contributed by atoms with Gasteiger partial charge >= 0.3 is 0 Å². The van der Waals surface area contributed by atoms with Crippen molar-refractivity contribution in [3.8, 4) is 11.5 Å². The minimum Gasteiger partial charge on any atom is -0.457 e. The molecule has 1 fully saturated rings. The van der Waals surface area contributed by atoms with Gasteiger partial charge in [0.15, 0.2) is 0 Å². The molecule has 2 aromatic carbocycles. The maximum atomic E-state index is 8.08. The van der Waals surface area contributed by atoms with Crippen LogP contribution in [-0.4, -0.2) is 24.4 Å². The number of benzene rings is 2. The molecule has 1 aliphatic rings. The van der Waals surface area contributed by atoms with Crippen LogP contribution in [0.5, 0.6) is 11.5 Å². The summed E-state index contributed by atoms with van der Waals surface area (Å²) in [5.74, 6) is 1.16. The van der Waals surface area contributed by atoms with Crippen LogP contribution >= 0.6 is 46.4 Å². The Morgan fingerprint density at radius 3 is 1.64 bits per heavy atom. The summed E-state index contributed by atoms with van der Waals surface area (Å²) in [5, 5.41) is 9.91. The van der Waals surface area contributed by atoms with E-state index in [1.54, 1.807) is 36.4 Å². The van der Waals surface area contributed by atoms with E-state index < -0.39 is 0 Å². The monoisotopic (exact) mass is 380 g/mol. The van der Waals surface area contributed by atoms with Gasteiger partial charge in [0, 0.05) is 12.1 Å². The summed E-state index contributed by atoms with van der Waals surface area (Å²) in [6.07, 6.45) is 0.190. The third-order valence-electron chi connectivity index (χ3n) is 2.62. The van der Waals surface area contributed by atoms with Crippen LogP contribution in [-0.2, 0) is 4.74 Å². The van der Waals surface area contributed by atoms with Gasteiger partial charge in [-0.15, -0.1) is 0 Å². The van der Waals surface area contributed by atoms with Crippen LogP contribution in [0.1, 0.15) is 0 Å². The van der Waals surface area contributed by atoms with Crippen molar-refractivity contribution in [1.29, 1.82) is 0 Å². The summed E-state index contributed by atoms with van der Waals surface area (Å²) in [7, 11) is 0. The minimum absolute atomic E-state index is 0.190. The predicted octanol–water partition coefficient (Wildman–Crippen LogP) is 5.47. The van der Waals surface area contributed by atoms with E-state index in [1.165, 1.54) is 0 Å². The highest BCUT2D eigenvalue weighted by atomic mass is 35.5. The first-order chi connectivity index (χ1) is 10.5. The SMILES string of the molecule is Clc1ccc(Oc2ccc(Cl)c(Cl)c2)cc1Cl.OCC1CO1. The molecule has 22 heavy (non-hydrogen) atoms. The van der Waals surface area contributed by atoms with Crippen LogP contribution in [0, 0.1) is 0 Å². The van der Waals surface area contributed by atoms with E-state index >= 15 is 0 Å². The molecular weight excluding hydrogens is 370 g/mol. The molecule has 0 bridgehead atoms. The van der Waals surface area contributed by atoms with Gasteiger partial charge in [-0.3, -0.25) is 0 Å². The number of hydrogen-bond donors (Lipinski definition) is 1. The van der Waals surface area contributed by atoms with Gasteiger partial charge in [-0.1, -0.05) is 46.4 Å². The zero-order chi connectivity index (χ0) is 16.1. The molecule has 1 unspecified atom stereocenters. The summed E-state index contributed by atoms with van der Waals surface area (Å²) in [5.41, 5.74) is 0. The lowest BCUT2D eigenvalue weighted by atomic mass is 10.3. The molecule has 0 aliphatic carbocycles. The lowest BCUT2D eigenvalue weighted by Gasteiger charge is -2.07. The van der Waals surface area contributed by atoms with Gasteiger partial charge in [0.1, 0.15) is 17.6 Å². The van der Waals surface area contributed by atoms with Crippen LogP contribution in [0.25, 0.3) is 0 Å². The smallest absolute Gasteiger partial charge is 0.129 e. The minimum atomic E-state index is 0.190. The fraction of sp³-hybridized carbons (Fsp3) is 0.200. The normalized spacial score (nSPS) is 15.8. The summed E-state index contributed by atoms with van der Waals surface area (Å²) in [6.45, 7) is 0.955. The standard InChI is InChI=1S/C12H6Cl4O.C3H6O2/c13-9-3-1-7(5-11(9)15)17-8-2-4-10(14)12(16)6-8;4-1-3-2-5-3/h1-6H;3-4H,1-2H2. The third-order valence-corrected chi connectivity index (χ3v) is 4.10. The molecule has 3 rings (SSSR count). The van der Waals surface area contributed by atoms with E-state index in [0.29, 0.717) is 31.6 Å². The maximum Gasteiger partial charge on any atom is 0.129 e. The molecule has 1 heterocycles. The molecule has 0 saturated carbocycles. The fourth-order valence-corrected chi connectivity index (χ4v) is 1.97. The molecule has 7 heteroatoms. The van der Waals surface area contributed by atoms with Crippen LogP contribution in [0.4, 0.5) is 0 Å². The number of aliphatic hydroxyl groups is 1. The van der Waals surface area contributed by atoms with Gasteiger partial charge in [-0.2, -0.15) is 0 Å². The first-order valence-corrected chi connectivity index (χ1v) is 7.81. The van der Waals surface area contributed by atoms with E-state index in [0.717, 1.165) is 6.61 Å². The average molecular weight is 382 g/mol. The number of hydrogen-bond acceptors (Lipinski definition) is 3. The predicted molar refractivity (Wildman–Crippen MR) is 89.8 cm³/mol. The summed E-state index contributed by atoms with van der Waals surface area (Å²) in [6, 6.07) is 10.0. The number of aliphatic hydroxyl groups excluding tert-OH is 1. The van der Waals surface area contributed by atoms with Crippen molar-refractivity contribution in [3.05, 3.63) is 56.5 Å². The molecule has 1 atom stereocenters. The van der Waals surface area contributed by atoms with Crippen LogP contribution in [0.2, 0.25) is 20.1 Å². The van der Waals surface area contributed by atoms with E-state index in [-0.39, 0.29) is 12.7 Å². The van der Waals surface area contributed by atoms with Gasteiger partial charge in [0.2, 0.25) is 0 Å². The largest absolute Gasteiger partial charge is 0.457 e. The Kier molecular flexibility index (Phi) is 6.63. The molecule has 1 aliphatic heterocycles. The Balaban J connectivity index is 0.000000299. The second-order valence-corrected chi connectivity index (χ2v) is 6.02. The Labute approximate surface area is 148 Å². The summed E-state index contributed by atoms with van der Waals surface area (Å²) < 4.78 is 10.2. The molecule has 3 nitrogen and oxygen atoms in total. The fourth-order valence-electron chi connectivity index (χ4n) is 1.39. The van der Waals surface area contributed by atoms with Crippen molar-refractivity contribution in [1.82, 2.24) is 0 Å². The zero-order valence-electron chi connectivity index (χ0n) is 11.2. The van der Waals surface area contributed by atoms with E-state index in [4.69, 9.17) is 56.2 Å². The zero-order valence-corrected chi connectivity index (χ0v) is 14.3. The summed E-state index contributed by atoms with van der Waals surface area (Å²) in [4.78, 5) is 0. The van der Waals surface area contributed by atoms with Crippen molar-refractivity contribution >= 4 is 46.4 Å². The van der Waals surface area contributed by atoms with Gasteiger partial charge in [0.25, 0.3) is 0 Å². The van der Waals surface area contributed by atoms with Gasteiger partial charge in [0.05, 0.1) is 33.3 Å². The van der Waals surface area contributed by atoms with Gasteiger partial charge < -0.3 is 14.6 Å². The molecule has 118 valence electrons. The van der Waals surface area contributed by atoms with E-state index in [9.17, 15) is 0 Å². The van der Waals surface area contributed by atoms with Crippen LogP contribution in [0.15, 0.2) is 36.4 Å². The molecule has 0 amide bonds. The Hall–Kier alpha value is -0.680. The van der Waals surface area contributed by atoms with Crippen molar-refractivity contribution in [3.63, 3.8) is 0 Å². The molecule has 0 radical (unpaired) electrons. The highest BCUT2D eigenvalue weighted by molar-refractivity contribution is 6.42. The first kappa shape index (κ1) is 17.7. The Morgan fingerprint density at radius 2 is 1.36 bits per heavy atom. The number of epoxide rings is 1. The van der Waals surface area contributed by atoms with Crippen molar-refractivity contribution in [2.75, 3.05) is 13.2 Å². The van der Waals surface area contributed by atoms with E-state index in [2.05, 4.69) is 4.74 Å². The average Bonchev–Trinajstić information content (AvgIpc) is 3.32. The lowest BCUT2D eigenvalue weighted by molar-refractivity contribution is 0.244. The highest BCUT2D eigenvalue weighted by Crippen LogP contribution is 2.32. The van der Waals surface area contributed by atoms with E-state index in [1.807, 2.05) is 0 Å². The van der Waals surface area contributed by atoms with Gasteiger partial charge in [-0.25, -0.2) is 0 Å². The van der Waals surface area contributed by atoms with Crippen molar-refractivity contribution in [2.24, 2.45) is 0 Å². The Bertz CT molecular complexity index is 595.